The molecule has 0 radical (unpaired) electrons. The number of benzene rings is 1. The number of fused-ring (bicyclic) bond motifs is 1. The van der Waals surface area contributed by atoms with Gasteiger partial charge in [0, 0.05) is 43.4 Å². The standard InChI is InChI=1S/C15H18N4O/c1-9-14-12(8-13(20)16-15(14)18-17-9)10-4-6-11(7-5-10)19(2)3/h4-7,12H,8H2,1-3H3,(H2,16,17,18,20)/t12-/m1/s1. The summed E-state index contributed by atoms with van der Waals surface area (Å²) in [4.78, 5) is 13.9. The SMILES string of the molecule is Cc1[nH]nc2c1[C@@H](c1ccc(N(C)C)cc1)CC(=O)N2. The van der Waals surface area contributed by atoms with Crippen LogP contribution < -0.4 is 10.2 Å². The van der Waals surface area contributed by atoms with Crippen LogP contribution in [0.2, 0.25) is 0 Å². The summed E-state index contributed by atoms with van der Waals surface area (Å²) in [6, 6.07) is 8.34. The topological polar surface area (TPSA) is 61.0 Å². The number of carbonyl (C=O) groups excluding carboxylic acids is 1. The van der Waals surface area contributed by atoms with Crippen molar-refractivity contribution in [3.63, 3.8) is 0 Å². The Kier molecular flexibility index (Phi) is 2.97. The molecule has 0 saturated heterocycles. The Morgan fingerprint density at radius 1 is 1.25 bits per heavy atom. The molecule has 0 fully saturated rings. The van der Waals surface area contributed by atoms with E-state index in [2.05, 4.69) is 44.7 Å². The van der Waals surface area contributed by atoms with Crippen molar-refractivity contribution in [3.8, 4) is 0 Å². The number of nitrogens with one attached hydrogen (secondary N) is 2. The van der Waals surface area contributed by atoms with E-state index >= 15 is 0 Å². The average molecular weight is 270 g/mol. The second-order valence-electron chi connectivity index (χ2n) is 5.40. The minimum Gasteiger partial charge on any atom is -0.378 e. The molecule has 0 bridgehead atoms. The van der Waals surface area contributed by atoms with Crippen molar-refractivity contribution in [2.75, 3.05) is 24.3 Å². The minimum absolute atomic E-state index is 0.0192. The van der Waals surface area contributed by atoms with Crippen molar-refractivity contribution in [2.24, 2.45) is 0 Å². The van der Waals surface area contributed by atoms with Crippen LogP contribution in [0.4, 0.5) is 11.5 Å². The summed E-state index contributed by atoms with van der Waals surface area (Å²) in [5.41, 5.74) is 4.42. The summed E-state index contributed by atoms with van der Waals surface area (Å²) in [5, 5.41) is 9.94. The molecule has 1 amide bonds. The number of amides is 1. The zero-order valence-electron chi connectivity index (χ0n) is 11.9. The van der Waals surface area contributed by atoms with Gasteiger partial charge in [-0.25, -0.2) is 0 Å². The maximum absolute atomic E-state index is 11.8. The van der Waals surface area contributed by atoms with Crippen LogP contribution in [0.3, 0.4) is 0 Å². The molecule has 1 aliphatic rings. The second kappa shape index (κ2) is 4.67. The molecule has 3 rings (SSSR count). The molecule has 104 valence electrons. The molecule has 20 heavy (non-hydrogen) atoms. The van der Waals surface area contributed by atoms with Gasteiger partial charge in [0.05, 0.1) is 0 Å². The molecule has 5 nitrogen and oxygen atoms in total. The third-order valence-corrected chi connectivity index (χ3v) is 3.80. The number of anilines is 2. The largest absolute Gasteiger partial charge is 0.378 e. The van der Waals surface area contributed by atoms with E-state index in [4.69, 9.17) is 0 Å². The zero-order chi connectivity index (χ0) is 14.3. The Morgan fingerprint density at radius 2 is 1.95 bits per heavy atom. The lowest BCUT2D eigenvalue weighted by Crippen LogP contribution is -2.23. The number of aromatic nitrogens is 2. The molecule has 0 aliphatic carbocycles. The summed E-state index contributed by atoms with van der Waals surface area (Å²) >= 11 is 0. The van der Waals surface area contributed by atoms with E-state index in [1.54, 1.807) is 0 Å². The molecule has 1 atom stereocenters. The van der Waals surface area contributed by atoms with Gasteiger partial charge in [-0.3, -0.25) is 9.89 Å². The Balaban J connectivity index is 2.01. The number of hydrogen-bond acceptors (Lipinski definition) is 3. The van der Waals surface area contributed by atoms with E-state index in [0.29, 0.717) is 12.2 Å². The van der Waals surface area contributed by atoms with Gasteiger partial charge in [0.2, 0.25) is 5.91 Å². The molecule has 0 unspecified atom stereocenters. The van der Waals surface area contributed by atoms with E-state index < -0.39 is 0 Å². The Labute approximate surface area is 118 Å². The van der Waals surface area contributed by atoms with E-state index in [9.17, 15) is 4.79 Å². The van der Waals surface area contributed by atoms with Crippen LogP contribution in [-0.4, -0.2) is 30.2 Å². The number of H-pyrrole nitrogens is 1. The van der Waals surface area contributed by atoms with E-state index in [0.717, 1.165) is 22.5 Å². The van der Waals surface area contributed by atoms with Crippen molar-refractivity contribution in [2.45, 2.75) is 19.3 Å². The van der Waals surface area contributed by atoms with Gasteiger partial charge in [0.1, 0.15) is 0 Å². The van der Waals surface area contributed by atoms with Crippen molar-refractivity contribution < 1.29 is 4.79 Å². The first-order chi connectivity index (χ1) is 9.56. The molecule has 5 heteroatoms. The summed E-state index contributed by atoms with van der Waals surface area (Å²) in [7, 11) is 4.03. The van der Waals surface area contributed by atoms with Crippen molar-refractivity contribution in [1.29, 1.82) is 0 Å². The van der Waals surface area contributed by atoms with Gasteiger partial charge < -0.3 is 10.2 Å². The van der Waals surface area contributed by atoms with Crippen molar-refractivity contribution in [3.05, 3.63) is 41.1 Å². The Bertz CT molecular complexity index is 642. The van der Waals surface area contributed by atoms with E-state index in [1.807, 2.05) is 21.0 Å². The Morgan fingerprint density at radius 3 is 2.60 bits per heavy atom. The summed E-state index contributed by atoms with van der Waals surface area (Å²) < 4.78 is 0. The highest BCUT2D eigenvalue weighted by molar-refractivity contribution is 5.94. The fraction of sp³-hybridized carbons (Fsp3) is 0.333. The molecule has 2 N–H and O–H groups in total. The smallest absolute Gasteiger partial charge is 0.226 e. The summed E-state index contributed by atoms with van der Waals surface area (Å²) in [6.07, 6.45) is 0.467. The molecule has 1 aromatic heterocycles. The fourth-order valence-electron chi connectivity index (χ4n) is 2.72. The lowest BCUT2D eigenvalue weighted by atomic mass is 9.86. The first kappa shape index (κ1) is 12.7. The van der Waals surface area contributed by atoms with Crippen molar-refractivity contribution >= 4 is 17.4 Å². The molecular weight excluding hydrogens is 252 g/mol. The van der Waals surface area contributed by atoms with Gasteiger partial charge in [-0.1, -0.05) is 12.1 Å². The van der Waals surface area contributed by atoms with Crippen LogP contribution in [0.25, 0.3) is 0 Å². The third-order valence-electron chi connectivity index (χ3n) is 3.80. The highest BCUT2D eigenvalue weighted by Crippen LogP contribution is 2.38. The zero-order valence-corrected chi connectivity index (χ0v) is 11.9. The molecule has 1 aromatic carbocycles. The van der Waals surface area contributed by atoms with Crippen LogP contribution in [0.5, 0.6) is 0 Å². The van der Waals surface area contributed by atoms with Crippen molar-refractivity contribution in [1.82, 2.24) is 10.2 Å². The van der Waals surface area contributed by atoms with Crippen LogP contribution in [0.1, 0.15) is 29.2 Å². The lowest BCUT2D eigenvalue weighted by Gasteiger charge is -2.23. The summed E-state index contributed by atoms with van der Waals surface area (Å²) in [5.74, 6) is 0.764. The fourth-order valence-corrected chi connectivity index (χ4v) is 2.72. The predicted octanol–water partition coefficient (Wildman–Crippen LogP) is 2.26. The second-order valence-corrected chi connectivity index (χ2v) is 5.40. The molecule has 2 heterocycles. The third kappa shape index (κ3) is 2.05. The van der Waals surface area contributed by atoms with Crippen LogP contribution in [-0.2, 0) is 4.79 Å². The van der Waals surface area contributed by atoms with Gasteiger partial charge in [-0.2, -0.15) is 5.10 Å². The van der Waals surface area contributed by atoms with Gasteiger partial charge in [0.25, 0.3) is 0 Å². The van der Waals surface area contributed by atoms with Gasteiger partial charge >= 0.3 is 0 Å². The van der Waals surface area contributed by atoms with Crippen LogP contribution in [0.15, 0.2) is 24.3 Å². The molecule has 0 saturated carbocycles. The number of aryl methyl sites for hydroxylation is 1. The van der Waals surface area contributed by atoms with Gasteiger partial charge in [-0.05, 0) is 24.6 Å². The normalized spacial score (nSPS) is 17.6. The highest BCUT2D eigenvalue weighted by Gasteiger charge is 2.30. The number of nitrogens with zero attached hydrogens (tertiary/aromatic N) is 2. The Hall–Kier alpha value is -2.30. The van der Waals surface area contributed by atoms with Crippen LogP contribution in [0, 0.1) is 6.92 Å². The first-order valence-electron chi connectivity index (χ1n) is 6.68. The number of hydrogen-bond donors (Lipinski definition) is 2. The molecule has 2 aromatic rings. The molecule has 0 spiro atoms. The quantitative estimate of drug-likeness (QED) is 0.880. The predicted molar refractivity (Wildman–Crippen MR) is 79.2 cm³/mol. The first-order valence-corrected chi connectivity index (χ1v) is 6.68. The maximum atomic E-state index is 11.8. The lowest BCUT2D eigenvalue weighted by molar-refractivity contribution is -0.116. The summed E-state index contributed by atoms with van der Waals surface area (Å²) in [6.45, 7) is 1.99. The molecular formula is C15H18N4O. The molecule has 1 aliphatic heterocycles. The van der Waals surface area contributed by atoms with Gasteiger partial charge in [-0.15, -0.1) is 0 Å². The van der Waals surface area contributed by atoms with E-state index in [-0.39, 0.29) is 11.8 Å². The average Bonchev–Trinajstić information content (AvgIpc) is 2.79. The number of rotatable bonds is 2. The van der Waals surface area contributed by atoms with Crippen LogP contribution >= 0.6 is 0 Å². The monoisotopic (exact) mass is 270 g/mol. The number of aromatic amines is 1. The highest BCUT2D eigenvalue weighted by atomic mass is 16.1. The maximum Gasteiger partial charge on any atom is 0.226 e. The van der Waals surface area contributed by atoms with E-state index in [1.165, 1.54) is 0 Å². The van der Waals surface area contributed by atoms with Gasteiger partial charge in [0.15, 0.2) is 5.82 Å². The minimum atomic E-state index is 0.0192. The number of carbonyl (C=O) groups is 1.